The van der Waals surface area contributed by atoms with Crippen molar-refractivity contribution < 1.29 is 19.5 Å². The molecule has 0 aromatic rings. The van der Waals surface area contributed by atoms with Crippen molar-refractivity contribution in [2.75, 3.05) is 38.7 Å². The molecule has 19 heavy (non-hydrogen) atoms. The quantitative estimate of drug-likeness (QED) is 0.740. The maximum atomic E-state index is 11.9. The van der Waals surface area contributed by atoms with Crippen molar-refractivity contribution >= 4 is 29.7 Å². The number of aliphatic carboxylic acids is 1. The minimum absolute atomic E-state index is 0.0794. The zero-order valence-corrected chi connectivity index (χ0v) is 11.9. The minimum atomic E-state index is -0.994. The van der Waals surface area contributed by atoms with Crippen LogP contribution in [0.4, 0.5) is 4.79 Å². The number of nitrogens with one attached hydrogen (secondary N) is 1. The second-order valence-corrected chi connectivity index (χ2v) is 5.54. The van der Waals surface area contributed by atoms with E-state index in [-0.39, 0.29) is 18.9 Å². The molecule has 1 saturated heterocycles. The lowest BCUT2D eigenvalue weighted by molar-refractivity contribution is -0.141. The molecule has 0 saturated carbocycles. The van der Waals surface area contributed by atoms with Crippen LogP contribution in [0.5, 0.6) is 0 Å². The van der Waals surface area contributed by atoms with E-state index in [4.69, 9.17) is 5.11 Å². The van der Waals surface area contributed by atoms with Crippen LogP contribution >= 0.6 is 11.8 Å². The standard InChI is InChI=1S/C11H19N3O4S/c1-13(2)9(15)3-4-12-11(18)14-5-6-19-7-8(14)10(16)17/h8H,3-7H2,1-2H3,(H,12,18)(H,16,17). The summed E-state index contributed by atoms with van der Waals surface area (Å²) in [7, 11) is 3.29. The summed E-state index contributed by atoms with van der Waals surface area (Å²) in [6.45, 7) is 0.626. The van der Waals surface area contributed by atoms with E-state index in [2.05, 4.69) is 5.32 Å². The zero-order valence-electron chi connectivity index (χ0n) is 11.1. The summed E-state index contributed by atoms with van der Waals surface area (Å²) in [5.41, 5.74) is 0. The third-order valence-electron chi connectivity index (χ3n) is 2.79. The van der Waals surface area contributed by atoms with E-state index in [9.17, 15) is 14.4 Å². The van der Waals surface area contributed by atoms with E-state index in [0.29, 0.717) is 12.3 Å². The van der Waals surface area contributed by atoms with Crippen LogP contribution in [-0.4, -0.2) is 77.5 Å². The molecule has 8 heteroatoms. The molecule has 1 fully saturated rings. The minimum Gasteiger partial charge on any atom is -0.480 e. The van der Waals surface area contributed by atoms with Gasteiger partial charge in [-0.15, -0.1) is 0 Å². The Morgan fingerprint density at radius 1 is 1.42 bits per heavy atom. The van der Waals surface area contributed by atoms with Crippen LogP contribution in [0.25, 0.3) is 0 Å². The van der Waals surface area contributed by atoms with Gasteiger partial charge in [0, 0.05) is 45.1 Å². The number of carbonyl (C=O) groups is 3. The topological polar surface area (TPSA) is 90.0 Å². The van der Waals surface area contributed by atoms with Gasteiger partial charge in [0.05, 0.1) is 0 Å². The fraction of sp³-hybridized carbons (Fsp3) is 0.727. The fourth-order valence-corrected chi connectivity index (χ4v) is 2.69. The van der Waals surface area contributed by atoms with Crippen LogP contribution < -0.4 is 5.32 Å². The van der Waals surface area contributed by atoms with Crippen LogP contribution in [-0.2, 0) is 9.59 Å². The van der Waals surface area contributed by atoms with Crippen molar-refractivity contribution in [3.05, 3.63) is 0 Å². The average Bonchev–Trinajstić information content (AvgIpc) is 2.38. The van der Waals surface area contributed by atoms with Gasteiger partial charge in [-0.05, 0) is 0 Å². The number of rotatable bonds is 4. The number of urea groups is 1. The van der Waals surface area contributed by atoms with Crippen LogP contribution in [0.3, 0.4) is 0 Å². The molecule has 0 aromatic carbocycles. The number of hydrogen-bond donors (Lipinski definition) is 2. The Morgan fingerprint density at radius 3 is 2.68 bits per heavy atom. The molecule has 0 radical (unpaired) electrons. The van der Waals surface area contributed by atoms with Crippen molar-refractivity contribution in [2.45, 2.75) is 12.5 Å². The molecule has 0 aromatic heterocycles. The van der Waals surface area contributed by atoms with Gasteiger partial charge >= 0.3 is 12.0 Å². The molecule has 3 amide bonds. The summed E-state index contributed by atoms with van der Waals surface area (Å²) >= 11 is 1.52. The van der Waals surface area contributed by atoms with Crippen molar-refractivity contribution in [3.63, 3.8) is 0 Å². The van der Waals surface area contributed by atoms with E-state index in [0.717, 1.165) is 5.75 Å². The Bertz CT molecular complexity index is 362. The lowest BCUT2D eigenvalue weighted by Crippen LogP contribution is -2.54. The van der Waals surface area contributed by atoms with E-state index >= 15 is 0 Å². The normalized spacial score (nSPS) is 18.8. The Hall–Kier alpha value is -1.44. The van der Waals surface area contributed by atoms with Gasteiger partial charge in [-0.1, -0.05) is 0 Å². The molecule has 108 valence electrons. The summed E-state index contributed by atoms with van der Waals surface area (Å²) in [6.07, 6.45) is 0.207. The maximum Gasteiger partial charge on any atom is 0.327 e. The number of hydrogen-bond acceptors (Lipinski definition) is 4. The van der Waals surface area contributed by atoms with Crippen molar-refractivity contribution in [2.24, 2.45) is 0 Å². The maximum absolute atomic E-state index is 11.9. The van der Waals surface area contributed by atoms with Crippen LogP contribution in [0.2, 0.25) is 0 Å². The van der Waals surface area contributed by atoms with Gasteiger partial charge in [0.15, 0.2) is 0 Å². The first kappa shape index (κ1) is 15.6. The molecular formula is C11H19N3O4S. The fourth-order valence-electron chi connectivity index (χ4n) is 1.65. The lowest BCUT2D eigenvalue weighted by atomic mass is 10.3. The second kappa shape index (κ2) is 7.22. The van der Waals surface area contributed by atoms with Gasteiger partial charge in [-0.2, -0.15) is 11.8 Å². The van der Waals surface area contributed by atoms with Gasteiger partial charge in [0.1, 0.15) is 6.04 Å². The first-order valence-electron chi connectivity index (χ1n) is 5.98. The Morgan fingerprint density at radius 2 is 2.11 bits per heavy atom. The predicted octanol–water partition coefficient (Wildman–Crippen LogP) is -0.324. The molecule has 1 aliphatic rings. The molecule has 0 spiro atoms. The number of amides is 3. The molecule has 1 heterocycles. The smallest absolute Gasteiger partial charge is 0.327 e. The largest absolute Gasteiger partial charge is 0.480 e. The first-order valence-corrected chi connectivity index (χ1v) is 7.14. The molecule has 1 unspecified atom stereocenters. The molecule has 1 rings (SSSR count). The molecule has 0 bridgehead atoms. The highest BCUT2D eigenvalue weighted by molar-refractivity contribution is 7.99. The van der Waals surface area contributed by atoms with E-state index in [1.54, 1.807) is 14.1 Å². The Balaban J connectivity index is 2.43. The average molecular weight is 289 g/mol. The van der Waals surface area contributed by atoms with Gasteiger partial charge in [-0.3, -0.25) is 4.79 Å². The Kier molecular flexibility index (Phi) is 5.94. The third kappa shape index (κ3) is 4.62. The first-order chi connectivity index (χ1) is 8.93. The molecule has 1 aliphatic heterocycles. The summed E-state index contributed by atoms with van der Waals surface area (Å²) in [6, 6.07) is -1.21. The van der Waals surface area contributed by atoms with Crippen molar-refractivity contribution in [1.29, 1.82) is 0 Å². The molecule has 0 aliphatic carbocycles. The van der Waals surface area contributed by atoms with Crippen molar-refractivity contribution in [1.82, 2.24) is 15.1 Å². The van der Waals surface area contributed by atoms with Crippen LogP contribution in [0.1, 0.15) is 6.42 Å². The lowest BCUT2D eigenvalue weighted by Gasteiger charge is -2.32. The van der Waals surface area contributed by atoms with E-state index in [1.807, 2.05) is 0 Å². The highest BCUT2D eigenvalue weighted by atomic mass is 32.2. The molecule has 2 N–H and O–H groups in total. The second-order valence-electron chi connectivity index (χ2n) is 4.39. The van der Waals surface area contributed by atoms with Gasteiger partial charge in [0.2, 0.25) is 5.91 Å². The van der Waals surface area contributed by atoms with Gasteiger partial charge < -0.3 is 20.2 Å². The number of thioether (sulfide) groups is 1. The molecule has 7 nitrogen and oxygen atoms in total. The summed E-state index contributed by atoms with van der Waals surface area (Å²) in [5, 5.41) is 11.6. The number of carboxylic acid groups (broad SMARTS) is 1. The van der Waals surface area contributed by atoms with Gasteiger partial charge in [-0.25, -0.2) is 9.59 Å². The molecule has 1 atom stereocenters. The van der Waals surface area contributed by atoms with Crippen LogP contribution in [0, 0.1) is 0 Å². The monoisotopic (exact) mass is 289 g/mol. The van der Waals surface area contributed by atoms with Gasteiger partial charge in [0.25, 0.3) is 0 Å². The number of carboxylic acids is 1. The highest BCUT2D eigenvalue weighted by Crippen LogP contribution is 2.16. The zero-order chi connectivity index (χ0) is 14.4. The number of nitrogens with zero attached hydrogens (tertiary/aromatic N) is 2. The highest BCUT2D eigenvalue weighted by Gasteiger charge is 2.32. The SMILES string of the molecule is CN(C)C(=O)CCNC(=O)N1CCSCC1C(=O)O. The number of carbonyl (C=O) groups excluding carboxylic acids is 2. The molecular weight excluding hydrogens is 270 g/mol. The Labute approximate surface area is 116 Å². The summed E-state index contributed by atoms with van der Waals surface area (Å²) in [5.74, 6) is 0.0590. The van der Waals surface area contributed by atoms with E-state index in [1.165, 1.54) is 21.6 Å². The van der Waals surface area contributed by atoms with Crippen molar-refractivity contribution in [3.8, 4) is 0 Å². The summed E-state index contributed by atoms with van der Waals surface area (Å²) in [4.78, 5) is 37.0. The summed E-state index contributed by atoms with van der Waals surface area (Å²) < 4.78 is 0. The van der Waals surface area contributed by atoms with Crippen LogP contribution in [0.15, 0.2) is 0 Å². The third-order valence-corrected chi connectivity index (χ3v) is 3.81. The predicted molar refractivity (Wildman–Crippen MR) is 72.2 cm³/mol. The van der Waals surface area contributed by atoms with E-state index < -0.39 is 18.0 Å².